The van der Waals surface area contributed by atoms with Crippen LogP contribution in [0.15, 0.2) is 11.2 Å². The summed E-state index contributed by atoms with van der Waals surface area (Å²) in [6.07, 6.45) is 1.20. The minimum absolute atomic E-state index is 0.0855. The molecule has 1 saturated heterocycles. The monoisotopic (exact) mass is 367 g/mol. The van der Waals surface area contributed by atoms with Gasteiger partial charge in [0, 0.05) is 24.5 Å². The maximum absolute atomic E-state index is 12.9. The van der Waals surface area contributed by atoms with Crippen LogP contribution in [0.3, 0.4) is 0 Å². The predicted octanol–water partition coefficient (Wildman–Crippen LogP) is 0.705. The molecule has 0 unspecified atom stereocenters. The lowest BCUT2D eigenvalue weighted by Crippen LogP contribution is -2.43. The first kappa shape index (κ1) is 17.7. The van der Waals surface area contributed by atoms with Gasteiger partial charge in [-0.15, -0.1) is 5.10 Å². The highest BCUT2D eigenvalue weighted by Crippen LogP contribution is 2.23. The van der Waals surface area contributed by atoms with Gasteiger partial charge in [-0.2, -0.15) is 9.29 Å². The summed E-state index contributed by atoms with van der Waals surface area (Å²) in [5.41, 5.74) is 1.49. The van der Waals surface area contributed by atoms with Gasteiger partial charge in [-0.25, -0.2) is 17.9 Å². The number of aryl methyl sites for hydroxylation is 2. The summed E-state index contributed by atoms with van der Waals surface area (Å²) in [5.74, 6) is -0.573. The van der Waals surface area contributed by atoms with Gasteiger partial charge in [-0.05, 0) is 39.7 Å². The second-order valence-corrected chi connectivity index (χ2v) is 7.93. The van der Waals surface area contributed by atoms with Crippen molar-refractivity contribution < 1.29 is 17.9 Å². The van der Waals surface area contributed by atoms with Crippen molar-refractivity contribution in [1.82, 2.24) is 23.9 Å². The van der Waals surface area contributed by atoms with Crippen LogP contribution in [0.25, 0.3) is 5.78 Å². The van der Waals surface area contributed by atoms with Gasteiger partial charge in [0.15, 0.2) is 0 Å². The van der Waals surface area contributed by atoms with Crippen molar-refractivity contribution in [2.24, 2.45) is 5.92 Å². The number of carbonyl (C=O) groups is 1. The van der Waals surface area contributed by atoms with Crippen molar-refractivity contribution in [3.8, 4) is 0 Å². The van der Waals surface area contributed by atoms with Gasteiger partial charge in [-0.3, -0.25) is 4.79 Å². The SMILES string of the molecule is CCOC(=O)[C@@H]1CCCN(S(=O)(=O)c2nc3nc(C)cc(C)n3n2)C1. The number of nitrogens with zero attached hydrogens (tertiary/aromatic N) is 5. The van der Waals surface area contributed by atoms with E-state index >= 15 is 0 Å². The van der Waals surface area contributed by atoms with E-state index in [2.05, 4.69) is 15.1 Å². The molecule has 9 nitrogen and oxygen atoms in total. The Labute approximate surface area is 146 Å². The molecule has 0 spiro atoms. The van der Waals surface area contributed by atoms with Crippen LogP contribution in [-0.2, 0) is 19.6 Å². The molecule has 0 radical (unpaired) electrons. The van der Waals surface area contributed by atoms with Gasteiger partial charge < -0.3 is 4.74 Å². The highest BCUT2D eigenvalue weighted by Gasteiger charge is 2.36. The smallest absolute Gasteiger partial charge is 0.310 e. The number of fused-ring (bicyclic) bond motifs is 1. The first-order valence-corrected chi connectivity index (χ1v) is 9.64. The predicted molar refractivity (Wildman–Crippen MR) is 88.4 cm³/mol. The van der Waals surface area contributed by atoms with E-state index in [-0.39, 0.29) is 30.1 Å². The van der Waals surface area contributed by atoms with Crippen LogP contribution < -0.4 is 0 Å². The molecule has 10 heteroatoms. The average Bonchev–Trinajstić information content (AvgIpc) is 3.00. The number of hydrogen-bond acceptors (Lipinski definition) is 7. The molecule has 3 heterocycles. The Morgan fingerprint density at radius 1 is 1.36 bits per heavy atom. The second-order valence-electron chi connectivity index (χ2n) is 6.10. The summed E-state index contributed by atoms with van der Waals surface area (Å²) in [5, 5.41) is 3.81. The first-order chi connectivity index (χ1) is 11.8. The molecule has 1 fully saturated rings. The minimum atomic E-state index is -3.89. The Hall–Kier alpha value is -2.07. The molecule has 136 valence electrons. The Balaban J connectivity index is 1.91. The van der Waals surface area contributed by atoms with E-state index in [4.69, 9.17) is 4.74 Å². The van der Waals surface area contributed by atoms with E-state index in [9.17, 15) is 13.2 Å². The van der Waals surface area contributed by atoms with Crippen molar-refractivity contribution in [3.63, 3.8) is 0 Å². The topological polar surface area (TPSA) is 107 Å². The highest BCUT2D eigenvalue weighted by atomic mass is 32.2. The van der Waals surface area contributed by atoms with Gasteiger partial charge >= 0.3 is 5.97 Å². The first-order valence-electron chi connectivity index (χ1n) is 8.20. The van der Waals surface area contributed by atoms with E-state index in [1.54, 1.807) is 13.0 Å². The lowest BCUT2D eigenvalue weighted by molar-refractivity contribution is -0.149. The fraction of sp³-hybridized carbons (Fsp3) is 0.600. The van der Waals surface area contributed by atoms with Crippen LogP contribution >= 0.6 is 0 Å². The molecule has 0 bridgehead atoms. The van der Waals surface area contributed by atoms with Crippen molar-refractivity contribution in [2.45, 2.75) is 38.8 Å². The zero-order chi connectivity index (χ0) is 18.2. The maximum Gasteiger partial charge on any atom is 0.310 e. The highest BCUT2D eigenvalue weighted by molar-refractivity contribution is 7.89. The number of sulfonamides is 1. The van der Waals surface area contributed by atoms with Gasteiger partial charge in [0.2, 0.25) is 0 Å². The Morgan fingerprint density at radius 2 is 2.12 bits per heavy atom. The molecule has 25 heavy (non-hydrogen) atoms. The molecule has 0 aliphatic carbocycles. The molecular formula is C15H21N5O4S. The quantitative estimate of drug-likeness (QED) is 0.732. The van der Waals surface area contributed by atoms with Crippen LogP contribution in [0.2, 0.25) is 0 Å². The van der Waals surface area contributed by atoms with Gasteiger partial charge in [0.25, 0.3) is 21.0 Å². The van der Waals surface area contributed by atoms with E-state index in [0.29, 0.717) is 19.4 Å². The number of esters is 1. The summed E-state index contributed by atoms with van der Waals surface area (Å²) in [6.45, 7) is 6.05. The number of piperidine rings is 1. The third-order valence-corrected chi connectivity index (χ3v) is 5.82. The van der Waals surface area contributed by atoms with E-state index in [1.807, 2.05) is 13.8 Å². The largest absolute Gasteiger partial charge is 0.466 e. The van der Waals surface area contributed by atoms with Crippen molar-refractivity contribution in [1.29, 1.82) is 0 Å². The Morgan fingerprint density at radius 3 is 2.84 bits per heavy atom. The lowest BCUT2D eigenvalue weighted by atomic mass is 10.0. The molecule has 1 aliphatic rings. The summed E-state index contributed by atoms with van der Waals surface area (Å²) in [7, 11) is -3.89. The normalized spacial score (nSPS) is 19.2. The van der Waals surface area contributed by atoms with Crippen molar-refractivity contribution in [3.05, 3.63) is 17.5 Å². The number of rotatable bonds is 4. The Bertz CT molecular complexity index is 908. The molecule has 1 aliphatic heterocycles. The number of ether oxygens (including phenoxy) is 1. The molecular weight excluding hydrogens is 346 g/mol. The van der Waals surface area contributed by atoms with Crippen LogP contribution in [0.4, 0.5) is 0 Å². The summed E-state index contributed by atoms with van der Waals surface area (Å²) in [4.78, 5) is 20.2. The lowest BCUT2D eigenvalue weighted by Gasteiger charge is -2.29. The van der Waals surface area contributed by atoms with E-state index in [1.165, 1.54) is 8.82 Å². The number of aromatic nitrogens is 4. The second kappa shape index (κ2) is 6.68. The van der Waals surface area contributed by atoms with E-state index in [0.717, 1.165) is 11.4 Å². The van der Waals surface area contributed by atoms with Crippen LogP contribution in [0, 0.1) is 19.8 Å². The van der Waals surface area contributed by atoms with Crippen LogP contribution in [0.5, 0.6) is 0 Å². The van der Waals surface area contributed by atoms with Gasteiger partial charge in [-0.1, -0.05) is 0 Å². The fourth-order valence-electron chi connectivity index (χ4n) is 2.99. The van der Waals surface area contributed by atoms with Crippen LogP contribution in [-0.4, -0.2) is 58.0 Å². The molecule has 0 saturated carbocycles. The van der Waals surface area contributed by atoms with Gasteiger partial charge in [0.1, 0.15) is 0 Å². The standard InChI is InChI=1S/C15H21N5O4S/c1-4-24-13(21)12-6-5-7-19(9-12)25(22,23)15-17-14-16-10(2)8-11(3)20(14)18-15/h8,12H,4-7,9H2,1-3H3/t12-/m1/s1. The van der Waals surface area contributed by atoms with Gasteiger partial charge in [0.05, 0.1) is 12.5 Å². The fourth-order valence-corrected chi connectivity index (χ4v) is 4.34. The molecule has 1 atom stereocenters. The molecule has 2 aromatic heterocycles. The third-order valence-electron chi connectivity index (χ3n) is 4.17. The zero-order valence-electron chi connectivity index (χ0n) is 14.5. The number of hydrogen-bond donors (Lipinski definition) is 0. The van der Waals surface area contributed by atoms with Crippen molar-refractivity contribution >= 4 is 21.8 Å². The third kappa shape index (κ3) is 3.36. The summed E-state index contributed by atoms with van der Waals surface area (Å²) in [6, 6.07) is 1.80. The number of carbonyl (C=O) groups excluding carboxylic acids is 1. The molecule has 0 aromatic carbocycles. The zero-order valence-corrected chi connectivity index (χ0v) is 15.3. The molecule has 2 aromatic rings. The Kier molecular flexibility index (Phi) is 4.74. The average molecular weight is 367 g/mol. The minimum Gasteiger partial charge on any atom is -0.466 e. The van der Waals surface area contributed by atoms with Crippen LogP contribution in [0.1, 0.15) is 31.2 Å². The summed E-state index contributed by atoms with van der Waals surface area (Å²) < 4.78 is 33.5. The van der Waals surface area contributed by atoms with E-state index < -0.39 is 15.9 Å². The molecule has 0 N–H and O–H groups in total. The molecule has 0 amide bonds. The maximum atomic E-state index is 12.9. The molecule has 3 rings (SSSR count). The van der Waals surface area contributed by atoms with Crippen molar-refractivity contribution in [2.75, 3.05) is 19.7 Å². The summed E-state index contributed by atoms with van der Waals surface area (Å²) >= 11 is 0.